The number of likely N-dealkylation sites (tertiary alicyclic amines) is 1. The summed E-state index contributed by atoms with van der Waals surface area (Å²) in [6, 6.07) is 47.9. The number of nitrogens with zero attached hydrogens (tertiary/aromatic N) is 14. The maximum absolute atomic E-state index is 13.2. The summed E-state index contributed by atoms with van der Waals surface area (Å²) < 4.78 is 31.7. The quantitative estimate of drug-likeness (QED) is 0.0420. The summed E-state index contributed by atoms with van der Waals surface area (Å²) in [7, 11) is 18.3. The van der Waals surface area contributed by atoms with Crippen molar-refractivity contribution in [2.45, 2.75) is 353 Å². The summed E-state index contributed by atoms with van der Waals surface area (Å²) in [6.45, 7) is 45.0. The first-order valence-electron chi connectivity index (χ1n) is 58.5. The molecule has 0 radical (unpaired) electrons. The van der Waals surface area contributed by atoms with Crippen molar-refractivity contribution in [2.24, 2.45) is 17.8 Å². The molecule has 0 atom stereocenters. The summed E-state index contributed by atoms with van der Waals surface area (Å²) in [5, 5.41) is 3.24. The second-order valence-corrected chi connectivity index (χ2v) is 50.1. The molecule has 11 aliphatic rings. The van der Waals surface area contributed by atoms with Crippen LogP contribution in [0.15, 0.2) is 139 Å². The predicted octanol–water partition coefficient (Wildman–Crippen LogP) is 23.4. The summed E-state index contributed by atoms with van der Waals surface area (Å²) in [6.07, 6.45) is 34.7. The monoisotopic (exact) mass is 2060 g/mol. The van der Waals surface area contributed by atoms with Gasteiger partial charge in [-0.25, -0.2) is 13.1 Å². The highest BCUT2D eigenvalue weighted by Gasteiger charge is 2.37. The zero-order valence-electron chi connectivity index (χ0n) is 96.6. The molecule has 18 rings (SSSR count). The number of piperidine rings is 6. The Hall–Kier alpha value is -8.81. The fourth-order valence-electron chi connectivity index (χ4n) is 23.9. The molecule has 3 saturated carbocycles. The standard InChI is InChI=1S/C23H37N3O.C21H33N3O.C21H34N2O2S.C21H32N2O.C20H31N3O.C20H29N3/c1-17(2)19-9-10-22(26-13-11-21(12-14-26)25(3)4)20(15-19)16-24-23(27)18-7-5-6-8-18;1-16(2)17-6-7-20(23-12-8-19(9-13-23)22(3)4)18(14-17)15-21(25)24-10-5-11-24;1-4-17-11-13-23(14-12-17)20-10-9-18(16(2)3)15-21(20)26(24,25)22-19-7-5-6-8-19;1-15(2)17-7-8-20(18(13-17)14-21(24)16-5-6-16)23-11-9-19(10-12-23)22(3)4;1-15(2)16-7-8-18(19(14-16)23-11-5-6-20(23)24)22-12-9-17(10-13-22)21(3)4;1-16(2)17-7-8-19(20(15-17)22-11-5-6-12-22)23-13-9-18(10-14-23)21(3)4/h9-10,15,17-18,21H,5-8,11-14,16H2,1-4H3,(H,24,27);6-7,14,16,19H,5,8-13,15H2,1-4H3;9-10,15-17,19,22H,4-8,11-14H2,1-3H3;7-8,13,15-16,19H,5-6,9-12,14H2,1-4H3;7-8,14-15,17H,5-6,9-13H2,1-4H3;5-8,11-12,15-16,18H,9-10,13-14H2,1-4H3. The van der Waals surface area contributed by atoms with E-state index in [0.29, 0.717) is 102 Å². The lowest BCUT2D eigenvalue weighted by molar-refractivity contribution is -0.133. The van der Waals surface area contributed by atoms with E-state index in [-0.39, 0.29) is 29.7 Å². The van der Waals surface area contributed by atoms with Crippen molar-refractivity contribution in [2.75, 3.05) is 203 Å². The van der Waals surface area contributed by atoms with Crippen molar-refractivity contribution in [3.05, 3.63) is 184 Å². The van der Waals surface area contributed by atoms with Crippen molar-refractivity contribution in [1.82, 2.24) is 44.0 Å². The lowest BCUT2D eigenvalue weighted by Gasteiger charge is -2.38. The third-order valence-electron chi connectivity index (χ3n) is 34.8. The molecule has 0 unspecified atom stereocenters. The molecule has 6 aromatic carbocycles. The first-order valence-corrected chi connectivity index (χ1v) is 59.9. The molecular formula is C126H196N16O6S. The lowest BCUT2D eigenvalue weighted by atomic mass is 9.94. The van der Waals surface area contributed by atoms with E-state index >= 15 is 0 Å². The van der Waals surface area contributed by atoms with Gasteiger partial charge < -0.3 is 73.6 Å². The van der Waals surface area contributed by atoms with Crippen LogP contribution in [0.2, 0.25) is 0 Å². The number of carbonyl (C=O) groups excluding carboxylic acids is 4. The van der Waals surface area contributed by atoms with Crippen molar-refractivity contribution in [1.29, 1.82) is 0 Å². The molecule has 149 heavy (non-hydrogen) atoms. The van der Waals surface area contributed by atoms with Gasteiger partial charge in [0.1, 0.15) is 10.7 Å². The van der Waals surface area contributed by atoms with Gasteiger partial charge in [-0.15, -0.1) is 0 Å². The first-order chi connectivity index (χ1) is 71.3. The van der Waals surface area contributed by atoms with Gasteiger partial charge in [0.05, 0.1) is 34.9 Å². The van der Waals surface area contributed by atoms with Crippen molar-refractivity contribution >= 4 is 73.3 Å². The van der Waals surface area contributed by atoms with E-state index < -0.39 is 10.0 Å². The summed E-state index contributed by atoms with van der Waals surface area (Å²) >= 11 is 0. The number of aromatic nitrogens is 1. The van der Waals surface area contributed by atoms with Crippen LogP contribution >= 0.6 is 0 Å². The van der Waals surface area contributed by atoms with Crippen LogP contribution in [0.25, 0.3) is 5.69 Å². The van der Waals surface area contributed by atoms with Gasteiger partial charge in [0.25, 0.3) is 0 Å². The zero-order chi connectivity index (χ0) is 107. The molecule has 7 aromatic rings. The minimum Gasteiger partial charge on any atom is -0.371 e. The van der Waals surface area contributed by atoms with E-state index in [0.717, 1.165) is 204 Å². The number of benzene rings is 6. The van der Waals surface area contributed by atoms with E-state index in [2.05, 4.69) is 351 Å². The average molecular weight is 2060 g/mol. The fourth-order valence-corrected chi connectivity index (χ4v) is 25.4. The number of rotatable bonds is 31. The zero-order valence-corrected chi connectivity index (χ0v) is 97.4. The minimum absolute atomic E-state index is 0.0985. The van der Waals surface area contributed by atoms with E-state index in [1.54, 1.807) is 0 Å². The molecule has 0 spiro atoms. The maximum Gasteiger partial charge on any atom is 0.242 e. The van der Waals surface area contributed by atoms with Crippen molar-refractivity contribution < 1.29 is 27.6 Å². The molecule has 8 saturated heterocycles. The van der Waals surface area contributed by atoms with Crippen molar-refractivity contribution in [3.8, 4) is 5.69 Å². The predicted molar refractivity (Wildman–Crippen MR) is 627 cm³/mol. The highest BCUT2D eigenvalue weighted by atomic mass is 32.2. The van der Waals surface area contributed by atoms with Gasteiger partial charge in [0.15, 0.2) is 0 Å². The fraction of sp³-hybridized carbons (Fsp3) is 0.651. The van der Waals surface area contributed by atoms with E-state index in [1.165, 1.54) is 162 Å². The molecule has 822 valence electrons. The Morgan fingerprint density at radius 3 is 1.05 bits per heavy atom. The van der Waals surface area contributed by atoms with Gasteiger partial charge in [-0.3, -0.25) is 19.2 Å². The number of ketones is 1. The number of amides is 3. The molecule has 9 heterocycles. The second kappa shape index (κ2) is 55.8. The first kappa shape index (κ1) is 117. The Kier molecular flexibility index (Phi) is 43.9. The molecule has 3 amide bonds. The Morgan fingerprint density at radius 1 is 0.342 bits per heavy atom. The summed E-state index contributed by atoms with van der Waals surface area (Å²) in [5.41, 5.74) is 21.4. The summed E-state index contributed by atoms with van der Waals surface area (Å²) in [4.78, 5) is 80.8. The number of carbonyl (C=O) groups is 4. The van der Waals surface area contributed by atoms with Crippen LogP contribution in [0, 0.1) is 17.8 Å². The van der Waals surface area contributed by atoms with E-state index in [9.17, 15) is 27.6 Å². The number of sulfonamides is 1. The Labute approximate surface area is 902 Å². The smallest absolute Gasteiger partial charge is 0.242 e. The second-order valence-electron chi connectivity index (χ2n) is 48.4. The molecule has 23 heteroatoms. The van der Waals surface area contributed by atoms with Gasteiger partial charge in [-0.1, -0.05) is 177 Å². The van der Waals surface area contributed by atoms with Crippen molar-refractivity contribution in [3.63, 3.8) is 0 Å². The molecule has 3 aliphatic carbocycles. The SMILES string of the molecule is CC(C)c1ccc(N2CCC(N(C)C)CC2)c(-n2cccc2)c1.CC(C)c1ccc(N2CCC(N(C)C)CC2)c(CC(=O)C2CC2)c1.CC(C)c1ccc(N2CCC(N(C)C)CC2)c(CC(=O)N2CCC2)c1.CC(C)c1ccc(N2CCC(N(C)C)CC2)c(CNC(=O)C2CCCC2)c1.CC(C)c1ccc(N2CCC(N(C)C)CC2)c(N2CCCC2=O)c1.CCC1CCN(c2ccc(C(C)C)cc2S(=O)(=O)NC2CCCC2)CC1. The van der Waals surface area contributed by atoms with Crippen LogP contribution in [-0.2, 0) is 48.6 Å². The van der Waals surface area contributed by atoms with Crippen LogP contribution in [0.1, 0.15) is 343 Å². The van der Waals surface area contributed by atoms with Crippen LogP contribution in [0.5, 0.6) is 0 Å². The maximum atomic E-state index is 13.2. The molecule has 1 aromatic heterocycles. The van der Waals surface area contributed by atoms with Crippen LogP contribution < -0.4 is 44.3 Å². The van der Waals surface area contributed by atoms with Gasteiger partial charge in [-0.2, -0.15) is 0 Å². The molecule has 11 fully saturated rings. The number of anilines is 7. The molecule has 0 bridgehead atoms. The number of hydrogen-bond acceptors (Lipinski definition) is 17. The third-order valence-corrected chi connectivity index (χ3v) is 36.4. The number of hydrogen-bond donors (Lipinski definition) is 2. The average Bonchev–Trinajstić information content (AvgIpc) is 0.856. The topological polar surface area (TPSA) is 174 Å². The highest BCUT2D eigenvalue weighted by Crippen LogP contribution is 2.43. The van der Waals surface area contributed by atoms with Crippen LogP contribution in [0.4, 0.5) is 39.8 Å². The van der Waals surface area contributed by atoms with E-state index in [1.807, 2.05) is 21.9 Å². The Bertz CT molecular complexity index is 5440. The molecule has 8 aliphatic heterocycles. The third kappa shape index (κ3) is 32.7. The van der Waals surface area contributed by atoms with Crippen LogP contribution in [-0.4, -0.2) is 271 Å². The van der Waals surface area contributed by atoms with Gasteiger partial charge in [0, 0.05) is 195 Å². The van der Waals surface area contributed by atoms with Crippen LogP contribution in [0.3, 0.4) is 0 Å². The molecule has 2 N–H and O–H groups in total. The van der Waals surface area contributed by atoms with Gasteiger partial charge >= 0.3 is 0 Å². The summed E-state index contributed by atoms with van der Waals surface area (Å²) in [5.74, 6) is 5.47. The van der Waals surface area contributed by atoms with E-state index in [4.69, 9.17) is 0 Å². The largest absolute Gasteiger partial charge is 0.371 e. The molecular weight excluding hydrogens is 1870 g/mol. The Balaban J connectivity index is 0.000000149. The normalized spacial score (nSPS) is 19.0. The number of nitrogens with one attached hydrogen (secondary N) is 2. The lowest BCUT2D eigenvalue weighted by Crippen LogP contribution is -2.44. The van der Waals surface area contributed by atoms with Gasteiger partial charge in [-0.05, 0) is 357 Å². The minimum atomic E-state index is -3.49. The Morgan fingerprint density at radius 2 is 0.678 bits per heavy atom. The van der Waals surface area contributed by atoms with Gasteiger partial charge in [0.2, 0.25) is 27.7 Å². The highest BCUT2D eigenvalue weighted by molar-refractivity contribution is 7.89. The molecule has 22 nitrogen and oxygen atoms in total. The number of Topliss-reactive ketones (excluding diaryl/α,β-unsaturated/α-hetero) is 1.